The van der Waals surface area contributed by atoms with Gasteiger partial charge in [0.15, 0.2) is 0 Å². The Morgan fingerprint density at radius 3 is 2.10 bits per heavy atom. The van der Waals surface area contributed by atoms with Crippen LogP contribution in [0, 0.1) is 17.0 Å². The molecule has 0 atom stereocenters. The number of amides is 1. The van der Waals surface area contributed by atoms with E-state index in [0.717, 1.165) is 25.0 Å². The Bertz CT molecular complexity index is 437. The molecule has 0 spiro atoms. The van der Waals surface area contributed by atoms with Crippen molar-refractivity contribution < 1.29 is 13.6 Å². The second-order valence-corrected chi connectivity index (χ2v) is 5.04. The molecule has 0 unspecified atom stereocenters. The predicted molar refractivity (Wildman–Crippen MR) is 76.3 cm³/mol. The molecule has 20 heavy (non-hydrogen) atoms. The fourth-order valence-electron chi connectivity index (χ4n) is 2.47. The van der Waals surface area contributed by atoms with Crippen molar-refractivity contribution in [2.45, 2.75) is 39.5 Å². The summed E-state index contributed by atoms with van der Waals surface area (Å²) in [5.74, 6) is -1.97. The Morgan fingerprint density at radius 2 is 1.70 bits per heavy atom. The molecular weight excluding hydrogens is 262 g/mol. The molecule has 5 heteroatoms. The van der Waals surface area contributed by atoms with Gasteiger partial charge in [-0.15, -0.1) is 0 Å². The lowest BCUT2D eigenvalue weighted by Gasteiger charge is -2.30. The summed E-state index contributed by atoms with van der Waals surface area (Å²) in [6, 6.07) is 3.49. The molecule has 0 aliphatic rings. The zero-order valence-corrected chi connectivity index (χ0v) is 12.0. The minimum absolute atomic E-state index is 0.163. The Balaban J connectivity index is 3.02. The smallest absolute Gasteiger partial charge is 0.232 e. The van der Waals surface area contributed by atoms with Gasteiger partial charge < -0.3 is 11.1 Å². The van der Waals surface area contributed by atoms with Gasteiger partial charge in [-0.25, -0.2) is 8.78 Å². The van der Waals surface area contributed by atoms with Crippen LogP contribution in [0.15, 0.2) is 18.2 Å². The largest absolute Gasteiger partial charge is 0.329 e. The topological polar surface area (TPSA) is 55.1 Å². The Morgan fingerprint density at radius 1 is 1.20 bits per heavy atom. The van der Waals surface area contributed by atoms with Gasteiger partial charge in [0.05, 0.1) is 5.41 Å². The van der Waals surface area contributed by atoms with E-state index >= 15 is 0 Å². The van der Waals surface area contributed by atoms with E-state index in [1.807, 2.05) is 13.8 Å². The van der Waals surface area contributed by atoms with Gasteiger partial charge in [0, 0.05) is 6.54 Å². The number of nitrogens with one attached hydrogen (secondary N) is 1. The minimum Gasteiger partial charge on any atom is -0.329 e. The van der Waals surface area contributed by atoms with Crippen molar-refractivity contribution in [3.05, 3.63) is 29.8 Å². The number of carbonyl (C=O) groups excluding carboxylic acids is 1. The van der Waals surface area contributed by atoms with Crippen LogP contribution in [0.3, 0.4) is 0 Å². The van der Waals surface area contributed by atoms with Crippen molar-refractivity contribution in [1.29, 1.82) is 0 Å². The van der Waals surface area contributed by atoms with E-state index in [2.05, 4.69) is 5.32 Å². The Kier molecular flexibility index (Phi) is 6.07. The van der Waals surface area contributed by atoms with Crippen molar-refractivity contribution in [3.63, 3.8) is 0 Å². The van der Waals surface area contributed by atoms with Crippen molar-refractivity contribution in [2.75, 3.05) is 11.9 Å². The average Bonchev–Trinajstić information content (AvgIpc) is 2.42. The number of hydrogen-bond acceptors (Lipinski definition) is 2. The third-order valence-corrected chi connectivity index (χ3v) is 3.53. The maximum atomic E-state index is 13.6. The van der Waals surface area contributed by atoms with E-state index in [1.54, 1.807) is 0 Å². The minimum atomic E-state index is -0.780. The standard InChI is InChI=1S/C15H22F2N2O/c1-3-8-15(10-18,9-4-2)14(20)19-13-11(16)6-5-7-12(13)17/h5-7H,3-4,8-10,18H2,1-2H3,(H,19,20). The van der Waals surface area contributed by atoms with Gasteiger partial charge >= 0.3 is 0 Å². The van der Waals surface area contributed by atoms with E-state index in [4.69, 9.17) is 5.73 Å². The highest BCUT2D eigenvalue weighted by Gasteiger charge is 2.36. The first kappa shape index (κ1) is 16.6. The molecule has 0 fully saturated rings. The van der Waals surface area contributed by atoms with E-state index in [1.165, 1.54) is 6.07 Å². The third-order valence-electron chi connectivity index (χ3n) is 3.53. The molecule has 1 aromatic carbocycles. The fourth-order valence-corrected chi connectivity index (χ4v) is 2.47. The number of halogens is 2. The van der Waals surface area contributed by atoms with Crippen molar-refractivity contribution in [2.24, 2.45) is 11.1 Å². The van der Waals surface area contributed by atoms with Crippen LogP contribution in [-0.4, -0.2) is 12.5 Å². The van der Waals surface area contributed by atoms with Crippen molar-refractivity contribution >= 4 is 11.6 Å². The maximum Gasteiger partial charge on any atom is 0.232 e. The van der Waals surface area contributed by atoms with Crippen LogP contribution < -0.4 is 11.1 Å². The molecule has 1 amide bonds. The molecule has 0 bridgehead atoms. The summed E-state index contributed by atoms with van der Waals surface area (Å²) in [4.78, 5) is 12.4. The summed E-state index contributed by atoms with van der Waals surface area (Å²) < 4.78 is 27.2. The van der Waals surface area contributed by atoms with Crippen LogP contribution >= 0.6 is 0 Å². The molecule has 0 aliphatic carbocycles. The van der Waals surface area contributed by atoms with E-state index in [0.29, 0.717) is 12.8 Å². The first-order valence-corrected chi connectivity index (χ1v) is 6.96. The van der Waals surface area contributed by atoms with Crippen LogP contribution in [-0.2, 0) is 4.79 Å². The first-order valence-electron chi connectivity index (χ1n) is 6.96. The number of anilines is 1. The average molecular weight is 284 g/mol. The summed E-state index contributed by atoms with van der Waals surface area (Å²) in [7, 11) is 0. The number of hydrogen-bond donors (Lipinski definition) is 2. The lowest BCUT2D eigenvalue weighted by atomic mass is 9.78. The molecule has 0 radical (unpaired) electrons. The molecule has 0 heterocycles. The summed E-state index contributed by atoms with van der Waals surface area (Å²) in [6.07, 6.45) is 2.76. The molecule has 0 aliphatic heterocycles. The zero-order valence-electron chi connectivity index (χ0n) is 12.0. The lowest BCUT2D eigenvalue weighted by Crippen LogP contribution is -2.42. The first-order chi connectivity index (χ1) is 9.50. The van der Waals surface area contributed by atoms with Gasteiger partial charge in [-0.05, 0) is 25.0 Å². The van der Waals surface area contributed by atoms with Gasteiger partial charge in [-0.3, -0.25) is 4.79 Å². The highest BCUT2D eigenvalue weighted by atomic mass is 19.1. The van der Waals surface area contributed by atoms with E-state index in [9.17, 15) is 13.6 Å². The molecule has 0 saturated heterocycles. The van der Waals surface area contributed by atoms with Gasteiger partial charge in [-0.1, -0.05) is 32.8 Å². The monoisotopic (exact) mass is 284 g/mol. The highest BCUT2D eigenvalue weighted by Crippen LogP contribution is 2.31. The maximum absolute atomic E-state index is 13.6. The van der Waals surface area contributed by atoms with Crippen LogP contribution in [0.2, 0.25) is 0 Å². The van der Waals surface area contributed by atoms with Crippen LogP contribution in [0.1, 0.15) is 39.5 Å². The van der Waals surface area contributed by atoms with Gasteiger partial charge in [0.1, 0.15) is 17.3 Å². The summed E-state index contributed by atoms with van der Waals surface area (Å²) in [6.45, 7) is 4.07. The van der Waals surface area contributed by atoms with Gasteiger partial charge in [-0.2, -0.15) is 0 Å². The van der Waals surface area contributed by atoms with E-state index < -0.39 is 28.6 Å². The summed E-state index contributed by atoms with van der Waals surface area (Å²) in [5, 5.41) is 2.37. The number of rotatable bonds is 7. The van der Waals surface area contributed by atoms with Crippen molar-refractivity contribution in [1.82, 2.24) is 0 Å². The number of benzene rings is 1. The number of nitrogens with two attached hydrogens (primary N) is 1. The molecule has 3 nitrogen and oxygen atoms in total. The second-order valence-electron chi connectivity index (χ2n) is 5.04. The molecule has 3 N–H and O–H groups in total. The van der Waals surface area contributed by atoms with Crippen molar-refractivity contribution in [3.8, 4) is 0 Å². The van der Waals surface area contributed by atoms with Crippen LogP contribution in [0.4, 0.5) is 14.5 Å². The summed E-state index contributed by atoms with van der Waals surface area (Å²) in [5.41, 5.74) is 4.60. The molecule has 1 aromatic rings. The molecule has 0 saturated carbocycles. The van der Waals surface area contributed by atoms with E-state index in [-0.39, 0.29) is 6.54 Å². The predicted octanol–water partition coefficient (Wildman–Crippen LogP) is 3.45. The van der Waals surface area contributed by atoms with Crippen LogP contribution in [0.25, 0.3) is 0 Å². The Labute approximate surface area is 118 Å². The SMILES string of the molecule is CCCC(CN)(CCC)C(=O)Nc1c(F)cccc1F. The molecule has 112 valence electrons. The second kappa shape index (κ2) is 7.33. The Hall–Kier alpha value is -1.49. The number of carbonyl (C=O) groups is 1. The highest BCUT2D eigenvalue weighted by molar-refractivity contribution is 5.95. The van der Waals surface area contributed by atoms with Crippen LogP contribution in [0.5, 0.6) is 0 Å². The zero-order chi connectivity index (χ0) is 15.2. The molecular formula is C15H22F2N2O. The summed E-state index contributed by atoms with van der Waals surface area (Å²) >= 11 is 0. The van der Waals surface area contributed by atoms with Gasteiger partial charge in [0.2, 0.25) is 5.91 Å². The lowest BCUT2D eigenvalue weighted by molar-refractivity contribution is -0.126. The molecule has 0 aromatic heterocycles. The third kappa shape index (κ3) is 3.54. The number of para-hydroxylation sites is 1. The normalized spacial score (nSPS) is 11.4. The van der Waals surface area contributed by atoms with Gasteiger partial charge in [0.25, 0.3) is 0 Å². The quantitative estimate of drug-likeness (QED) is 0.805. The molecule has 1 rings (SSSR count). The fraction of sp³-hybridized carbons (Fsp3) is 0.533.